The van der Waals surface area contributed by atoms with Crippen molar-refractivity contribution in [3.63, 3.8) is 0 Å². The summed E-state index contributed by atoms with van der Waals surface area (Å²) in [6.45, 7) is 5.31. The molecule has 0 saturated heterocycles. The SMILES string of the molecule is CCCCOc1ccc(C#C/C=C/C2CCC([C@H]3CC[C@H](CCCC)CC3)CC2)cc1. The molecule has 1 heteroatoms. The van der Waals surface area contributed by atoms with E-state index in [-0.39, 0.29) is 0 Å². The van der Waals surface area contributed by atoms with E-state index in [0.717, 1.165) is 54.4 Å². The lowest BCUT2D eigenvalue weighted by Gasteiger charge is -2.37. The van der Waals surface area contributed by atoms with Gasteiger partial charge in [-0.3, -0.25) is 0 Å². The molecule has 2 aliphatic carbocycles. The maximum atomic E-state index is 5.72. The molecule has 0 aromatic heterocycles. The zero-order valence-corrected chi connectivity index (χ0v) is 20.1. The standard InChI is InChI=1S/C30H44O/c1-3-5-9-25-12-18-28(19-13-25)29-20-14-26(15-21-29)10-7-8-11-27-16-22-30(23-17-27)31-24-6-4-2/h7,10,16-17,22-23,25-26,28-29H,3-6,9,12-15,18-21,24H2,1-2H3/b10-7+/t25-,26?,28-,29?. The number of allylic oxidation sites excluding steroid dienone is 2. The maximum Gasteiger partial charge on any atom is 0.119 e. The fraction of sp³-hybridized carbons (Fsp3) is 0.667. The Bertz CT molecular complexity index is 688. The van der Waals surface area contributed by atoms with Crippen molar-refractivity contribution < 1.29 is 4.74 Å². The Labute approximate surface area is 192 Å². The van der Waals surface area contributed by atoms with Gasteiger partial charge >= 0.3 is 0 Å². The smallest absolute Gasteiger partial charge is 0.119 e. The predicted octanol–water partition coefficient (Wildman–Crippen LogP) is 8.58. The molecule has 0 heterocycles. The Kier molecular flexibility index (Phi) is 10.6. The van der Waals surface area contributed by atoms with Gasteiger partial charge in [-0.15, -0.1) is 0 Å². The van der Waals surface area contributed by atoms with Gasteiger partial charge in [0, 0.05) is 5.56 Å². The summed E-state index contributed by atoms with van der Waals surface area (Å²) >= 11 is 0. The van der Waals surface area contributed by atoms with E-state index < -0.39 is 0 Å². The highest BCUT2D eigenvalue weighted by Gasteiger charge is 2.30. The first-order valence-corrected chi connectivity index (χ1v) is 13.2. The first-order chi connectivity index (χ1) is 15.3. The zero-order valence-electron chi connectivity index (χ0n) is 20.1. The van der Waals surface area contributed by atoms with Gasteiger partial charge in [-0.1, -0.05) is 70.3 Å². The molecule has 2 fully saturated rings. The first-order valence-electron chi connectivity index (χ1n) is 13.2. The average Bonchev–Trinajstić information content (AvgIpc) is 2.82. The molecule has 0 spiro atoms. The topological polar surface area (TPSA) is 9.23 Å². The Morgan fingerprint density at radius 2 is 1.48 bits per heavy atom. The molecule has 0 aliphatic heterocycles. The minimum Gasteiger partial charge on any atom is -0.494 e. The number of hydrogen-bond donors (Lipinski definition) is 0. The van der Waals surface area contributed by atoms with E-state index in [1.807, 2.05) is 12.1 Å². The van der Waals surface area contributed by atoms with Gasteiger partial charge < -0.3 is 4.74 Å². The predicted molar refractivity (Wildman–Crippen MR) is 133 cm³/mol. The van der Waals surface area contributed by atoms with E-state index in [9.17, 15) is 0 Å². The number of benzene rings is 1. The summed E-state index contributed by atoms with van der Waals surface area (Å²) in [5.74, 6) is 11.3. The second-order valence-corrected chi connectivity index (χ2v) is 9.95. The summed E-state index contributed by atoms with van der Waals surface area (Å²) in [4.78, 5) is 0. The fourth-order valence-corrected chi connectivity index (χ4v) is 5.53. The lowest BCUT2D eigenvalue weighted by Crippen LogP contribution is -2.25. The van der Waals surface area contributed by atoms with Crippen molar-refractivity contribution in [2.75, 3.05) is 6.61 Å². The summed E-state index contributed by atoms with van der Waals surface area (Å²) in [5.41, 5.74) is 1.06. The minimum atomic E-state index is 0.737. The van der Waals surface area contributed by atoms with Crippen molar-refractivity contribution in [3.8, 4) is 17.6 Å². The summed E-state index contributed by atoms with van der Waals surface area (Å²) in [6.07, 6.45) is 22.6. The van der Waals surface area contributed by atoms with Gasteiger partial charge in [-0.25, -0.2) is 0 Å². The Hall–Kier alpha value is -1.68. The molecule has 2 saturated carbocycles. The van der Waals surface area contributed by atoms with Crippen LogP contribution in [0.15, 0.2) is 36.4 Å². The van der Waals surface area contributed by atoms with Gasteiger partial charge in [0.2, 0.25) is 0 Å². The molecule has 0 bridgehead atoms. The number of ether oxygens (including phenoxy) is 1. The molecule has 0 radical (unpaired) electrons. The van der Waals surface area contributed by atoms with Crippen LogP contribution in [-0.2, 0) is 0 Å². The van der Waals surface area contributed by atoms with Gasteiger partial charge in [0.1, 0.15) is 5.75 Å². The monoisotopic (exact) mass is 420 g/mol. The second-order valence-electron chi connectivity index (χ2n) is 9.95. The van der Waals surface area contributed by atoms with Gasteiger partial charge in [0.05, 0.1) is 6.61 Å². The Balaban J connectivity index is 1.35. The summed E-state index contributed by atoms with van der Waals surface area (Å²) in [7, 11) is 0. The molecule has 170 valence electrons. The van der Waals surface area contributed by atoms with Crippen LogP contribution in [-0.4, -0.2) is 6.61 Å². The second kappa shape index (κ2) is 13.7. The Morgan fingerprint density at radius 3 is 2.13 bits per heavy atom. The average molecular weight is 421 g/mol. The highest BCUT2D eigenvalue weighted by Crippen LogP contribution is 2.42. The highest BCUT2D eigenvalue weighted by molar-refractivity contribution is 5.40. The van der Waals surface area contributed by atoms with Crippen LogP contribution in [0.3, 0.4) is 0 Å². The third kappa shape index (κ3) is 8.40. The van der Waals surface area contributed by atoms with E-state index in [2.05, 4.69) is 50.0 Å². The quantitative estimate of drug-likeness (QED) is 0.287. The van der Waals surface area contributed by atoms with E-state index >= 15 is 0 Å². The lowest BCUT2D eigenvalue weighted by atomic mass is 9.68. The molecule has 1 aromatic rings. The highest BCUT2D eigenvalue weighted by atomic mass is 16.5. The van der Waals surface area contributed by atoms with Crippen molar-refractivity contribution in [3.05, 3.63) is 42.0 Å². The van der Waals surface area contributed by atoms with Crippen LogP contribution < -0.4 is 4.74 Å². The molecule has 0 N–H and O–H groups in total. The number of unbranched alkanes of at least 4 members (excludes halogenated alkanes) is 2. The van der Waals surface area contributed by atoms with Gasteiger partial charge in [-0.05, 0) is 99.0 Å². The van der Waals surface area contributed by atoms with E-state index in [1.165, 1.54) is 70.6 Å². The molecular formula is C30H44O. The van der Waals surface area contributed by atoms with Gasteiger partial charge in [0.15, 0.2) is 0 Å². The van der Waals surface area contributed by atoms with Crippen LogP contribution in [0, 0.1) is 35.5 Å². The van der Waals surface area contributed by atoms with Crippen molar-refractivity contribution in [1.82, 2.24) is 0 Å². The third-order valence-electron chi connectivity index (χ3n) is 7.63. The molecule has 1 nitrogen and oxygen atoms in total. The van der Waals surface area contributed by atoms with Crippen molar-refractivity contribution >= 4 is 0 Å². The molecule has 0 atom stereocenters. The van der Waals surface area contributed by atoms with Crippen molar-refractivity contribution in [2.24, 2.45) is 23.7 Å². The molecule has 1 aromatic carbocycles. The third-order valence-corrected chi connectivity index (χ3v) is 7.63. The van der Waals surface area contributed by atoms with E-state index in [1.54, 1.807) is 0 Å². The largest absolute Gasteiger partial charge is 0.494 e. The molecule has 31 heavy (non-hydrogen) atoms. The van der Waals surface area contributed by atoms with Crippen LogP contribution in [0.4, 0.5) is 0 Å². The van der Waals surface area contributed by atoms with Gasteiger partial charge in [-0.2, -0.15) is 0 Å². The van der Waals surface area contributed by atoms with Crippen molar-refractivity contribution in [2.45, 2.75) is 97.3 Å². The van der Waals surface area contributed by atoms with Crippen LogP contribution in [0.2, 0.25) is 0 Å². The maximum absolute atomic E-state index is 5.72. The summed E-state index contributed by atoms with van der Waals surface area (Å²) in [6, 6.07) is 8.18. The molecule has 2 aliphatic rings. The van der Waals surface area contributed by atoms with Crippen LogP contribution >= 0.6 is 0 Å². The van der Waals surface area contributed by atoms with Crippen LogP contribution in [0.5, 0.6) is 5.75 Å². The van der Waals surface area contributed by atoms with Gasteiger partial charge in [0.25, 0.3) is 0 Å². The normalized spacial score (nSPS) is 26.4. The molecular weight excluding hydrogens is 376 g/mol. The molecule has 0 unspecified atom stereocenters. The van der Waals surface area contributed by atoms with E-state index in [4.69, 9.17) is 4.74 Å². The summed E-state index contributed by atoms with van der Waals surface area (Å²) in [5, 5.41) is 0. The zero-order chi connectivity index (χ0) is 21.7. The van der Waals surface area contributed by atoms with Crippen LogP contribution in [0.25, 0.3) is 0 Å². The van der Waals surface area contributed by atoms with E-state index in [0.29, 0.717) is 0 Å². The van der Waals surface area contributed by atoms with Crippen LogP contribution in [0.1, 0.15) is 103 Å². The number of hydrogen-bond acceptors (Lipinski definition) is 1. The summed E-state index contributed by atoms with van der Waals surface area (Å²) < 4.78 is 5.72. The minimum absolute atomic E-state index is 0.737. The fourth-order valence-electron chi connectivity index (χ4n) is 5.53. The molecule has 3 rings (SSSR count). The van der Waals surface area contributed by atoms with Crippen molar-refractivity contribution in [1.29, 1.82) is 0 Å². The first kappa shape index (κ1) is 24.0. The molecule has 0 amide bonds. The lowest BCUT2D eigenvalue weighted by molar-refractivity contribution is 0.152. The number of rotatable bonds is 9. The Morgan fingerprint density at radius 1 is 0.839 bits per heavy atom.